The van der Waals surface area contributed by atoms with Gasteiger partial charge in [0.25, 0.3) is 11.6 Å². The maximum Gasteiger partial charge on any atom is 0.282 e. The summed E-state index contributed by atoms with van der Waals surface area (Å²) in [6, 6.07) is 13.8. The van der Waals surface area contributed by atoms with Gasteiger partial charge in [-0.25, -0.2) is 4.98 Å². The first-order chi connectivity index (χ1) is 11.6. The summed E-state index contributed by atoms with van der Waals surface area (Å²) in [7, 11) is 0. The van der Waals surface area contributed by atoms with Gasteiger partial charge in [0.05, 0.1) is 20.1 Å². The lowest BCUT2D eigenvalue weighted by Gasteiger charge is -2.10. The average molecular weight is 341 g/mol. The predicted molar refractivity (Wildman–Crippen MR) is 93.5 cm³/mol. The average Bonchev–Trinajstić information content (AvgIpc) is 3.03. The van der Waals surface area contributed by atoms with E-state index in [1.165, 1.54) is 12.1 Å². The van der Waals surface area contributed by atoms with Crippen LogP contribution >= 0.6 is 11.3 Å². The molecule has 0 aliphatic heterocycles. The molecule has 0 aliphatic carbocycles. The molecule has 1 N–H and O–H groups in total. The highest BCUT2D eigenvalue weighted by Gasteiger charge is 2.20. The summed E-state index contributed by atoms with van der Waals surface area (Å²) in [4.78, 5) is 27.3. The summed E-state index contributed by atoms with van der Waals surface area (Å²) in [5.74, 6) is -0.427. The SMILES string of the molecule is C[C@H](CNC(=O)c1ccccc1[N+](=O)[O-])c1nc2ccccc2s1. The molecule has 0 fully saturated rings. The largest absolute Gasteiger partial charge is 0.351 e. The lowest BCUT2D eigenvalue weighted by Crippen LogP contribution is -2.28. The molecule has 1 amide bonds. The highest BCUT2D eigenvalue weighted by molar-refractivity contribution is 7.18. The number of para-hydroxylation sites is 2. The number of nitrogens with zero attached hydrogens (tertiary/aromatic N) is 2. The maximum absolute atomic E-state index is 12.2. The number of fused-ring (bicyclic) bond motifs is 1. The van der Waals surface area contributed by atoms with E-state index in [1.54, 1.807) is 23.5 Å². The van der Waals surface area contributed by atoms with Crippen molar-refractivity contribution in [3.63, 3.8) is 0 Å². The van der Waals surface area contributed by atoms with Gasteiger partial charge in [0, 0.05) is 18.5 Å². The van der Waals surface area contributed by atoms with Crippen LogP contribution < -0.4 is 5.32 Å². The van der Waals surface area contributed by atoms with Crippen molar-refractivity contribution >= 4 is 33.1 Å². The number of amides is 1. The van der Waals surface area contributed by atoms with E-state index >= 15 is 0 Å². The van der Waals surface area contributed by atoms with Crippen molar-refractivity contribution in [1.82, 2.24) is 10.3 Å². The Labute approximate surface area is 142 Å². The molecule has 1 aromatic heterocycles. The van der Waals surface area contributed by atoms with Gasteiger partial charge in [-0.05, 0) is 18.2 Å². The number of nitro groups is 1. The normalized spacial score (nSPS) is 12.0. The molecule has 3 aromatic rings. The molecule has 3 rings (SSSR count). The summed E-state index contributed by atoms with van der Waals surface area (Å²) in [5, 5.41) is 14.7. The van der Waals surface area contributed by atoms with Crippen molar-refractivity contribution in [2.75, 3.05) is 6.54 Å². The number of thiazole rings is 1. The maximum atomic E-state index is 12.2. The Kier molecular flexibility index (Phi) is 4.52. The zero-order chi connectivity index (χ0) is 17.1. The van der Waals surface area contributed by atoms with E-state index in [9.17, 15) is 14.9 Å². The fourth-order valence-corrected chi connectivity index (χ4v) is 3.37. The standard InChI is InChI=1S/C17H15N3O3S/c1-11(17-19-13-7-3-5-9-15(13)24-17)10-18-16(21)12-6-2-4-8-14(12)20(22)23/h2-9,11H,10H2,1H3,(H,18,21)/t11-/m1/s1. The van der Waals surface area contributed by atoms with Crippen LogP contribution in [0.2, 0.25) is 0 Å². The Balaban J connectivity index is 1.71. The van der Waals surface area contributed by atoms with Gasteiger partial charge in [-0.3, -0.25) is 14.9 Å². The second-order valence-corrected chi connectivity index (χ2v) is 6.47. The molecule has 0 radical (unpaired) electrons. The van der Waals surface area contributed by atoms with Crippen LogP contribution in [-0.4, -0.2) is 22.4 Å². The molecule has 2 aromatic carbocycles. The number of nitro benzene ring substituents is 1. The number of rotatable bonds is 5. The molecule has 0 aliphatic rings. The Morgan fingerprint density at radius 3 is 2.71 bits per heavy atom. The Morgan fingerprint density at radius 2 is 1.96 bits per heavy atom. The molecule has 6 nitrogen and oxygen atoms in total. The molecular formula is C17H15N3O3S. The quantitative estimate of drug-likeness (QED) is 0.566. The Hall–Kier alpha value is -2.80. The lowest BCUT2D eigenvalue weighted by molar-refractivity contribution is -0.385. The van der Waals surface area contributed by atoms with Gasteiger partial charge in [0.15, 0.2) is 0 Å². The second-order valence-electron chi connectivity index (χ2n) is 5.41. The van der Waals surface area contributed by atoms with Gasteiger partial charge in [0.2, 0.25) is 0 Å². The molecule has 24 heavy (non-hydrogen) atoms. The minimum Gasteiger partial charge on any atom is -0.351 e. The highest BCUT2D eigenvalue weighted by atomic mass is 32.1. The molecule has 0 bridgehead atoms. The van der Waals surface area contributed by atoms with Crippen LogP contribution in [0.4, 0.5) is 5.69 Å². The van der Waals surface area contributed by atoms with E-state index in [4.69, 9.17) is 0 Å². The predicted octanol–water partition coefficient (Wildman–Crippen LogP) is 3.74. The summed E-state index contributed by atoms with van der Waals surface area (Å²) in [6.45, 7) is 2.34. The van der Waals surface area contributed by atoms with E-state index in [-0.39, 0.29) is 17.2 Å². The summed E-state index contributed by atoms with van der Waals surface area (Å²) in [6.07, 6.45) is 0. The number of carbonyl (C=O) groups excluding carboxylic acids is 1. The van der Waals surface area contributed by atoms with Gasteiger partial charge < -0.3 is 5.32 Å². The fourth-order valence-electron chi connectivity index (χ4n) is 2.35. The van der Waals surface area contributed by atoms with E-state index in [0.717, 1.165) is 15.2 Å². The van der Waals surface area contributed by atoms with Crippen LogP contribution in [0, 0.1) is 10.1 Å². The van der Waals surface area contributed by atoms with Gasteiger partial charge in [0.1, 0.15) is 5.56 Å². The molecule has 0 unspecified atom stereocenters. The first-order valence-electron chi connectivity index (χ1n) is 7.43. The number of carbonyl (C=O) groups is 1. The van der Waals surface area contributed by atoms with Crippen LogP contribution in [0.25, 0.3) is 10.2 Å². The van der Waals surface area contributed by atoms with Crippen molar-refractivity contribution in [2.24, 2.45) is 0 Å². The zero-order valence-electron chi connectivity index (χ0n) is 12.9. The molecule has 0 saturated carbocycles. The second kappa shape index (κ2) is 6.76. The van der Waals surface area contributed by atoms with E-state index < -0.39 is 10.8 Å². The smallest absolute Gasteiger partial charge is 0.282 e. The third-order valence-corrected chi connectivity index (χ3v) is 4.91. The van der Waals surface area contributed by atoms with Gasteiger partial charge in [-0.2, -0.15) is 0 Å². The van der Waals surface area contributed by atoms with Crippen molar-refractivity contribution in [3.05, 3.63) is 69.2 Å². The molecule has 0 spiro atoms. The van der Waals surface area contributed by atoms with Crippen molar-refractivity contribution in [1.29, 1.82) is 0 Å². The lowest BCUT2D eigenvalue weighted by atomic mass is 10.1. The molecule has 122 valence electrons. The third kappa shape index (κ3) is 3.26. The first kappa shape index (κ1) is 16.1. The molecule has 0 saturated heterocycles. The molecular weight excluding hydrogens is 326 g/mol. The van der Waals surface area contributed by atoms with Gasteiger partial charge in [-0.15, -0.1) is 11.3 Å². The summed E-state index contributed by atoms with van der Waals surface area (Å²) < 4.78 is 1.10. The van der Waals surface area contributed by atoms with Crippen molar-refractivity contribution in [3.8, 4) is 0 Å². The highest BCUT2D eigenvalue weighted by Crippen LogP contribution is 2.27. The van der Waals surface area contributed by atoms with E-state index in [0.29, 0.717) is 6.54 Å². The van der Waals surface area contributed by atoms with Crippen LogP contribution in [-0.2, 0) is 0 Å². The number of aromatic nitrogens is 1. The Bertz CT molecular complexity index is 874. The first-order valence-corrected chi connectivity index (χ1v) is 8.25. The van der Waals surface area contributed by atoms with E-state index in [2.05, 4.69) is 10.3 Å². The van der Waals surface area contributed by atoms with Crippen molar-refractivity contribution in [2.45, 2.75) is 12.8 Å². The summed E-state index contributed by atoms with van der Waals surface area (Å²) in [5.41, 5.74) is 0.816. The topological polar surface area (TPSA) is 85.1 Å². The van der Waals surface area contributed by atoms with Crippen LogP contribution in [0.15, 0.2) is 48.5 Å². The van der Waals surface area contributed by atoms with E-state index in [1.807, 2.05) is 31.2 Å². The van der Waals surface area contributed by atoms with Gasteiger partial charge >= 0.3 is 0 Å². The van der Waals surface area contributed by atoms with Crippen LogP contribution in [0.3, 0.4) is 0 Å². The van der Waals surface area contributed by atoms with Crippen LogP contribution in [0.1, 0.15) is 28.2 Å². The number of benzene rings is 2. The van der Waals surface area contributed by atoms with Crippen LogP contribution in [0.5, 0.6) is 0 Å². The number of nitrogens with one attached hydrogen (secondary N) is 1. The molecule has 7 heteroatoms. The Morgan fingerprint density at radius 1 is 1.25 bits per heavy atom. The minimum atomic E-state index is -0.550. The number of hydrogen-bond donors (Lipinski definition) is 1. The monoisotopic (exact) mass is 341 g/mol. The van der Waals surface area contributed by atoms with Gasteiger partial charge in [-0.1, -0.05) is 31.2 Å². The van der Waals surface area contributed by atoms with Crippen molar-refractivity contribution < 1.29 is 9.72 Å². The molecule has 1 atom stereocenters. The zero-order valence-corrected chi connectivity index (χ0v) is 13.7. The minimum absolute atomic E-state index is 0.0223. The summed E-state index contributed by atoms with van der Waals surface area (Å²) >= 11 is 1.59. The number of hydrogen-bond acceptors (Lipinski definition) is 5. The molecule has 1 heterocycles. The third-order valence-electron chi connectivity index (χ3n) is 3.65. The fraction of sp³-hybridized carbons (Fsp3) is 0.176.